The summed E-state index contributed by atoms with van der Waals surface area (Å²) in [4.78, 5) is 9.76. The molecule has 104 valence electrons. The summed E-state index contributed by atoms with van der Waals surface area (Å²) in [6.07, 6.45) is 0. The van der Waals surface area contributed by atoms with Crippen LogP contribution in [0, 0.1) is 15.9 Å². The highest BCUT2D eigenvalue weighted by atomic mass is 79.9. The van der Waals surface area contributed by atoms with Crippen LogP contribution in [0.1, 0.15) is 11.1 Å². The topological polar surface area (TPSA) is 52.4 Å². The van der Waals surface area contributed by atoms with Gasteiger partial charge in [-0.1, -0.05) is 28.1 Å². The van der Waals surface area contributed by atoms with Crippen LogP contribution >= 0.6 is 15.9 Å². The van der Waals surface area contributed by atoms with Crippen LogP contribution in [0.2, 0.25) is 0 Å². The summed E-state index contributed by atoms with van der Waals surface area (Å²) in [5.74, 6) is -0.189. The zero-order valence-electron chi connectivity index (χ0n) is 10.4. The first kappa shape index (κ1) is 14.5. The van der Waals surface area contributed by atoms with Gasteiger partial charge in [0.25, 0.3) is 0 Å². The van der Waals surface area contributed by atoms with Gasteiger partial charge < -0.3 is 4.74 Å². The van der Waals surface area contributed by atoms with E-state index in [0.717, 1.165) is 23.0 Å². The van der Waals surface area contributed by atoms with E-state index in [1.54, 1.807) is 6.07 Å². The normalized spacial score (nSPS) is 10.3. The van der Waals surface area contributed by atoms with Crippen LogP contribution in [0.4, 0.5) is 10.1 Å². The minimum absolute atomic E-state index is 0.153. The molecule has 0 aromatic heterocycles. The maximum absolute atomic E-state index is 13.4. The molecule has 0 spiro atoms. The summed E-state index contributed by atoms with van der Waals surface area (Å²) in [6, 6.07) is 11.2. The van der Waals surface area contributed by atoms with Crippen molar-refractivity contribution in [2.45, 2.75) is 11.9 Å². The standard InChI is InChI=1S/C14H11BrFNO3/c15-8-10-2-1-3-12(6-10)20-9-11-4-5-14(17(18)19)13(16)7-11/h1-7H,8-9H2. The predicted octanol–water partition coefficient (Wildman–Crippen LogP) is 4.21. The monoisotopic (exact) mass is 339 g/mol. The van der Waals surface area contributed by atoms with Crippen molar-refractivity contribution in [3.8, 4) is 5.75 Å². The average molecular weight is 340 g/mol. The Balaban J connectivity index is 2.07. The molecule has 2 aromatic carbocycles. The summed E-state index contributed by atoms with van der Waals surface area (Å²) in [5.41, 5.74) is 1.07. The van der Waals surface area contributed by atoms with E-state index >= 15 is 0 Å². The summed E-state index contributed by atoms with van der Waals surface area (Å²) in [6.45, 7) is 0.153. The van der Waals surface area contributed by atoms with Crippen molar-refractivity contribution < 1.29 is 14.1 Å². The summed E-state index contributed by atoms with van der Waals surface area (Å²) in [7, 11) is 0. The molecular formula is C14H11BrFNO3. The van der Waals surface area contributed by atoms with Crippen LogP contribution in [0.3, 0.4) is 0 Å². The van der Waals surface area contributed by atoms with Gasteiger partial charge in [0.2, 0.25) is 5.82 Å². The lowest BCUT2D eigenvalue weighted by Gasteiger charge is -2.07. The number of benzene rings is 2. The van der Waals surface area contributed by atoms with Crippen LogP contribution in [-0.2, 0) is 11.9 Å². The Kier molecular flexibility index (Phi) is 4.68. The van der Waals surface area contributed by atoms with Gasteiger partial charge in [0.15, 0.2) is 0 Å². The second-order valence-corrected chi connectivity index (χ2v) is 4.67. The molecule has 0 atom stereocenters. The maximum atomic E-state index is 13.4. The Morgan fingerprint density at radius 3 is 2.65 bits per heavy atom. The average Bonchev–Trinajstić information content (AvgIpc) is 2.45. The molecule has 6 heteroatoms. The molecule has 0 aliphatic rings. The number of rotatable bonds is 5. The van der Waals surface area contributed by atoms with E-state index in [9.17, 15) is 14.5 Å². The molecule has 2 aromatic rings. The van der Waals surface area contributed by atoms with E-state index < -0.39 is 16.4 Å². The highest BCUT2D eigenvalue weighted by molar-refractivity contribution is 9.08. The number of nitro benzene ring substituents is 1. The first-order valence-electron chi connectivity index (χ1n) is 5.80. The van der Waals surface area contributed by atoms with Crippen LogP contribution in [0.25, 0.3) is 0 Å². The molecule has 0 aliphatic heterocycles. The Morgan fingerprint density at radius 2 is 2.00 bits per heavy atom. The smallest absolute Gasteiger partial charge is 0.304 e. The fourth-order valence-electron chi connectivity index (χ4n) is 1.67. The van der Waals surface area contributed by atoms with E-state index in [4.69, 9.17) is 4.74 Å². The first-order valence-corrected chi connectivity index (χ1v) is 6.93. The molecule has 0 amide bonds. The fraction of sp³-hybridized carbons (Fsp3) is 0.143. The minimum Gasteiger partial charge on any atom is -0.489 e. The second-order valence-electron chi connectivity index (χ2n) is 4.11. The van der Waals surface area contributed by atoms with E-state index in [1.807, 2.05) is 18.2 Å². The summed E-state index contributed by atoms with van der Waals surface area (Å²) >= 11 is 3.35. The van der Waals surface area contributed by atoms with Gasteiger partial charge in [-0.05, 0) is 35.4 Å². The van der Waals surface area contributed by atoms with E-state index in [-0.39, 0.29) is 6.61 Å². The SMILES string of the molecule is O=[N+]([O-])c1ccc(COc2cccc(CBr)c2)cc1F. The van der Waals surface area contributed by atoms with Gasteiger partial charge in [-0.15, -0.1) is 0 Å². The molecule has 0 bridgehead atoms. The van der Waals surface area contributed by atoms with Crippen LogP contribution < -0.4 is 4.74 Å². The molecule has 2 rings (SSSR count). The van der Waals surface area contributed by atoms with Gasteiger partial charge in [-0.3, -0.25) is 10.1 Å². The molecule has 0 saturated carbocycles. The first-order chi connectivity index (χ1) is 9.60. The Morgan fingerprint density at radius 1 is 1.20 bits per heavy atom. The Bertz CT molecular complexity index is 634. The highest BCUT2D eigenvalue weighted by Crippen LogP contribution is 2.20. The quantitative estimate of drug-likeness (QED) is 0.465. The van der Waals surface area contributed by atoms with Crippen molar-refractivity contribution in [1.82, 2.24) is 0 Å². The minimum atomic E-state index is -0.856. The molecule has 0 unspecified atom stereocenters. The third-order valence-corrected chi connectivity index (χ3v) is 3.31. The molecule has 20 heavy (non-hydrogen) atoms. The zero-order chi connectivity index (χ0) is 14.5. The lowest BCUT2D eigenvalue weighted by atomic mass is 10.2. The zero-order valence-corrected chi connectivity index (χ0v) is 12.0. The van der Waals surface area contributed by atoms with Gasteiger partial charge in [0.05, 0.1) is 4.92 Å². The third-order valence-electron chi connectivity index (χ3n) is 2.67. The van der Waals surface area contributed by atoms with Crippen molar-refractivity contribution in [3.63, 3.8) is 0 Å². The van der Waals surface area contributed by atoms with Crippen molar-refractivity contribution >= 4 is 21.6 Å². The number of nitro groups is 1. The van der Waals surface area contributed by atoms with Gasteiger partial charge >= 0.3 is 5.69 Å². The molecular weight excluding hydrogens is 329 g/mol. The number of alkyl halides is 1. The fourth-order valence-corrected chi connectivity index (χ4v) is 2.02. The lowest BCUT2D eigenvalue weighted by molar-refractivity contribution is -0.387. The van der Waals surface area contributed by atoms with Gasteiger partial charge in [0.1, 0.15) is 12.4 Å². The molecule has 0 saturated heterocycles. The molecule has 0 N–H and O–H groups in total. The molecule has 0 radical (unpaired) electrons. The predicted molar refractivity (Wildman–Crippen MR) is 76.5 cm³/mol. The van der Waals surface area contributed by atoms with Crippen LogP contribution in [0.15, 0.2) is 42.5 Å². The number of halogens is 2. The van der Waals surface area contributed by atoms with Gasteiger partial charge in [-0.25, -0.2) is 0 Å². The number of ether oxygens (including phenoxy) is 1. The number of nitrogens with zero attached hydrogens (tertiary/aromatic N) is 1. The number of hydrogen-bond acceptors (Lipinski definition) is 3. The molecule has 0 fully saturated rings. The van der Waals surface area contributed by atoms with Gasteiger partial charge in [-0.2, -0.15) is 4.39 Å². The van der Waals surface area contributed by atoms with Crippen molar-refractivity contribution in [2.24, 2.45) is 0 Å². The highest BCUT2D eigenvalue weighted by Gasteiger charge is 2.13. The van der Waals surface area contributed by atoms with Crippen molar-refractivity contribution in [1.29, 1.82) is 0 Å². The Hall–Kier alpha value is -1.95. The van der Waals surface area contributed by atoms with Crippen LogP contribution in [-0.4, -0.2) is 4.92 Å². The maximum Gasteiger partial charge on any atom is 0.304 e. The van der Waals surface area contributed by atoms with Crippen molar-refractivity contribution in [2.75, 3.05) is 0 Å². The van der Waals surface area contributed by atoms with Gasteiger partial charge in [0, 0.05) is 11.4 Å². The molecule has 0 heterocycles. The summed E-state index contributed by atoms with van der Waals surface area (Å²) < 4.78 is 19.0. The van der Waals surface area contributed by atoms with E-state index in [2.05, 4.69) is 15.9 Å². The second kappa shape index (κ2) is 6.47. The lowest BCUT2D eigenvalue weighted by Crippen LogP contribution is -1.98. The van der Waals surface area contributed by atoms with Crippen molar-refractivity contribution in [3.05, 3.63) is 69.5 Å². The molecule has 4 nitrogen and oxygen atoms in total. The Labute approximate surface area is 123 Å². The summed E-state index contributed by atoms with van der Waals surface area (Å²) in [5, 5.41) is 11.2. The third kappa shape index (κ3) is 3.54. The largest absolute Gasteiger partial charge is 0.489 e. The number of hydrogen-bond donors (Lipinski definition) is 0. The van der Waals surface area contributed by atoms with Crippen LogP contribution in [0.5, 0.6) is 5.75 Å². The van der Waals surface area contributed by atoms with E-state index in [1.165, 1.54) is 6.07 Å². The van der Waals surface area contributed by atoms with E-state index in [0.29, 0.717) is 11.3 Å². The molecule has 0 aliphatic carbocycles.